The minimum Gasteiger partial charge on any atom is -0.392 e. The molecule has 0 spiro atoms. The summed E-state index contributed by atoms with van der Waals surface area (Å²) in [5.41, 5.74) is 1.14. The molecule has 3 nitrogen and oxygen atoms in total. The Balaban J connectivity index is 2.82. The third-order valence-electron chi connectivity index (χ3n) is 1.84. The minimum atomic E-state index is -0.186. The van der Waals surface area contributed by atoms with Gasteiger partial charge < -0.3 is 10.4 Å². The first-order chi connectivity index (χ1) is 6.79. The maximum absolute atomic E-state index is 11.5. The molecule has 0 bridgehead atoms. The molecule has 0 aliphatic rings. The molecule has 0 heterocycles. The van der Waals surface area contributed by atoms with Crippen molar-refractivity contribution < 1.29 is 9.90 Å². The first kappa shape index (κ1) is 10.5. The molecule has 0 unspecified atom stereocenters. The maximum Gasteiger partial charge on any atom is 0.251 e. The van der Waals surface area contributed by atoms with Crippen molar-refractivity contribution >= 4 is 5.91 Å². The lowest BCUT2D eigenvalue weighted by Gasteiger charge is -2.06. The fourth-order valence-corrected chi connectivity index (χ4v) is 1.14. The van der Waals surface area contributed by atoms with Crippen molar-refractivity contribution in [2.45, 2.75) is 6.61 Å². The quantitative estimate of drug-likeness (QED) is 0.700. The molecule has 0 aliphatic heterocycles. The molecule has 0 radical (unpaired) electrons. The molecule has 0 saturated carbocycles. The normalized spacial score (nSPS) is 9.50. The van der Waals surface area contributed by atoms with Gasteiger partial charge in [0.2, 0.25) is 0 Å². The zero-order valence-electron chi connectivity index (χ0n) is 7.86. The van der Waals surface area contributed by atoms with Gasteiger partial charge in [-0.15, -0.1) is 6.58 Å². The van der Waals surface area contributed by atoms with Gasteiger partial charge in [-0.2, -0.15) is 0 Å². The second-order valence-electron chi connectivity index (χ2n) is 2.81. The standard InChI is InChI=1S/C11H13NO2/c1-2-7-12-11(14)10-6-4-3-5-9(10)8-13/h2-6,13H,1,7-8H2,(H,12,14). The van der Waals surface area contributed by atoms with Crippen LogP contribution in [0.3, 0.4) is 0 Å². The van der Waals surface area contributed by atoms with Crippen LogP contribution in [-0.4, -0.2) is 17.6 Å². The molecule has 0 saturated heterocycles. The summed E-state index contributed by atoms with van der Waals surface area (Å²) in [7, 11) is 0. The summed E-state index contributed by atoms with van der Waals surface area (Å²) in [5.74, 6) is -0.186. The first-order valence-corrected chi connectivity index (χ1v) is 4.37. The smallest absolute Gasteiger partial charge is 0.251 e. The molecule has 2 N–H and O–H groups in total. The van der Waals surface area contributed by atoms with Crippen LogP contribution in [-0.2, 0) is 6.61 Å². The first-order valence-electron chi connectivity index (χ1n) is 4.37. The number of aliphatic hydroxyl groups excluding tert-OH is 1. The highest BCUT2D eigenvalue weighted by molar-refractivity contribution is 5.95. The van der Waals surface area contributed by atoms with Gasteiger partial charge in [0.1, 0.15) is 0 Å². The average molecular weight is 191 g/mol. The highest BCUT2D eigenvalue weighted by Crippen LogP contribution is 2.07. The number of hydrogen-bond acceptors (Lipinski definition) is 2. The molecule has 1 amide bonds. The highest BCUT2D eigenvalue weighted by Gasteiger charge is 2.08. The molecular formula is C11H13NO2. The van der Waals surface area contributed by atoms with Gasteiger partial charge in [0.15, 0.2) is 0 Å². The summed E-state index contributed by atoms with van der Waals surface area (Å²) in [5, 5.41) is 11.6. The van der Waals surface area contributed by atoms with Gasteiger partial charge in [0.05, 0.1) is 6.61 Å². The van der Waals surface area contributed by atoms with E-state index < -0.39 is 0 Å². The number of aliphatic hydroxyl groups is 1. The number of rotatable bonds is 4. The van der Waals surface area contributed by atoms with E-state index in [-0.39, 0.29) is 12.5 Å². The van der Waals surface area contributed by atoms with E-state index in [1.54, 1.807) is 30.3 Å². The van der Waals surface area contributed by atoms with Gasteiger partial charge in [-0.1, -0.05) is 24.3 Å². The molecule has 3 heteroatoms. The molecule has 0 atom stereocenters. The Labute approximate surface area is 83.1 Å². The van der Waals surface area contributed by atoms with Crippen molar-refractivity contribution in [3.05, 3.63) is 48.0 Å². The monoisotopic (exact) mass is 191 g/mol. The van der Waals surface area contributed by atoms with E-state index >= 15 is 0 Å². The topological polar surface area (TPSA) is 49.3 Å². The Hall–Kier alpha value is -1.61. The molecular weight excluding hydrogens is 178 g/mol. The molecule has 0 aliphatic carbocycles. The fourth-order valence-electron chi connectivity index (χ4n) is 1.14. The Kier molecular flexibility index (Phi) is 3.88. The summed E-state index contributed by atoms with van der Waals surface area (Å²) in [6.45, 7) is 3.81. The lowest BCUT2D eigenvalue weighted by Crippen LogP contribution is -2.24. The van der Waals surface area contributed by atoms with Gasteiger partial charge in [-0.05, 0) is 11.6 Å². The largest absolute Gasteiger partial charge is 0.392 e. The lowest BCUT2D eigenvalue weighted by atomic mass is 10.1. The van der Waals surface area contributed by atoms with Gasteiger partial charge >= 0.3 is 0 Å². The third kappa shape index (κ3) is 2.44. The SMILES string of the molecule is C=CCNC(=O)c1ccccc1CO. The summed E-state index contributed by atoms with van der Waals surface area (Å²) < 4.78 is 0. The Morgan fingerprint density at radius 3 is 2.86 bits per heavy atom. The lowest BCUT2D eigenvalue weighted by molar-refractivity contribution is 0.0955. The third-order valence-corrected chi connectivity index (χ3v) is 1.84. The van der Waals surface area contributed by atoms with Gasteiger partial charge in [-0.25, -0.2) is 0 Å². The number of hydrogen-bond donors (Lipinski definition) is 2. The van der Waals surface area contributed by atoms with Crippen LogP contribution < -0.4 is 5.32 Å². The number of carbonyl (C=O) groups is 1. The van der Waals surface area contributed by atoms with Gasteiger partial charge in [0.25, 0.3) is 5.91 Å². The predicted octanol–water partition coefficient (Wildman–Crippen LogP) is 1.09. The molecule has 1 aromatic carbocycles. The number of amides is 1. The van der Waals surface area contributed by atoms with Crippen LogP contribution in [0.1, 0.15) is 15.9 Å². The van der Waals surface area contributed by atoms with Gasteiger partial charge in [0, 0.05) is 12.1 Å². The van der Waals surface area contributed by atoms with E-state index in [2.05, 4.69) is 11.9 Å². The number of carbonyl (C=O) groups excluding carboxylic acids is 1. The molecule has 1 aromatic rings. The summed E-state index contributed by atoms with van der Waals surface area (Å²) in [6.07, 6.45) is 1.61. The van der Waals surface area contributed by atoms with Crippen LogP contribution in [0.2, 0.25) is 0 Å². The maximum atomic E-state index is 11.5. The van der Waals surface area contributed by atoms with Crippen LogP contribution in [0.4, 0.5) is 0 Å². The second-order valence-corrected chi connectivity index (χ2v) is 2.81. The Morgan fingerprint density at radius 2 is 2.21 bits per heavy atom. The van der Waals surface area contributed by atoms with Crippen LogP contribution in [0.25, 0.3) is 0 Å². The molecule has 0 aromatic heterocycles. The van der Waals surface area contributed by atoms with Crippen molar-refractivity contribution in [2.24, 2.45) is 0 Å². The Morgan fingerprint density at radius 1 is 1.50 bits per heavy atom. The van der Waals surface area contributed by atoms with Crippen molar-refractivity contribution in [1.82, 2.24) is 5.32 Å². The van der Waals surface area contributed by atoms with Crippen LogP contribution in [0.15, 0.2) is 36.9 Å². The van der Waals surface area contributed by atoms with Crippen molar-refractivity contribution in [3.63, 3.8) is 0 Å². The van der Waals surface area contributed by atoms with Gasteiger partial charge in [-0.3, -0.25) is 4.79 Å². The van der Waals surface area contributed by atoms with Crippen LogP contribution in [0, 0.1) is 0 Å². The summed E-state index contributed by atoms with van der Waals surface area (Å²) in [6, 6.07) is 6.96. The van der Waals surface area contributed by atoms with Crippen molar-refractivity contribution in [2.75, 3.05) is 6.54 Å². The highest BCUT2D eigenvalue weighted by atomic mass is 16.3. The van der Waals surface area contributed by atoms with E-state index in [9.17, 15) is 4.79 Å². The average Bonchev–Trinajstić information content (AvgIpc) is 2.25. The number of benzene rings is 1. The van der Waals surface area contributed by atoms with E-state index in [1.165, 1.54) is 0 Å². The van der Waals surface area contributed by atoms with E-state index in [0.29, 0.717) is 17.7 Å². The van der Waals surface area contributed by atoms with Crippen molar-refractivity contribution in [3.8, 4) is 0 Å². The number of nitrogens with one attached hydrogen (secondary N) is 1. The fraction of sp³-hybridized carbons (Fsp3) is 0.182. The Bertz CT molecular complexity index is 334. The predicted molar refractivity (Wildman–Crippen MR) is 54.9 cm³/mol. The zero-order chi connectivity index (χ0) is 10.4. The minimum absolute atomic E-state index is 0.127. The molecule has 14 heavy (non-hydrogen) atoms. The van der Waals surface area contributed by atoms with Crippen molar-refractivity contribution in [1.29, 1.82) is 0 Å². The van der Waals surface area contributed by atoms with E-state index in [1.807, 2.05) is 0 Å². The van der Waals surface area contributed by atoms with Crippen LogP contribution in [0.5, 0.6) is 0 Å². The van der Waals surface area contributed by atoms with E-state index in [4.69, 9.17) is 5.11 Å². The molecule has 0 fully saturated rings. The zero-order valence-corrected chi connectivity index (χ0v) is 7.86. The molecule has 74 valence electrons. The summed E-state index contributed by atoms with van der Waals surface area (Å²) >= 11 is 0. The molecule has 1 rings (SSSR count). The van der Waals surface area contributed by atoms with E-state index in [0.717, 1.165) is 0 Å². The summed E-state index contributed by atoms with van der Waals surface area (Å²) in [4.78, 5) is 11.5. The second kappa shape index (κ2) is 5.19. The van der Waals surface area contributed by atoms with Crippen LogP contribution >= 0.6 is 0 Å².